The smallest absolute Gasteiger partial charge is 0.145 e. The molecule has 51 heavy (non-hydrogen) atoms. The van der Waals surface area contributed by atoms with Crippen LogP contribution in [0.15, 0.2) is 194 Å². The van der Waals surface area contributed by atoms with E-state index in [2.05, 4.69) is 208 Å². The van der Waals surface area contributed by atoms with Crippen LogP contribution in [0.1, 0.15) is 0 Å². The molecule has 8 aromatic carbocycles. The third-order valence-corrected chi connectivity index (χ3v) is 9.90. The maximum absolute atomic E-state index is 5.15. The lowest BCUT2D eigenvalue weighted by molar-refractivity contribution is 1.11. The largest absolute Gasteiger partial charge is 0.311 e. The summed E-state index contributed by atoms with van der Waals surface area (Å²) in [6, 6.07) is 69.0. The summed E-state index contributed by atoms with van der Waals surface area (Å²) >= 11 is 0. The van der Waals surface area contributed by atoms with Crippen molar-refractivity contribution in [2.75, 3.05) is 4.90 Å². The van der Waals surface area contributed by atoms with E-state index in [1.807, 2.05) is 0 Å². The zero-order valence-electron chi connectivity index (χ0n) is 27.8. The highest BCUT2D eigenvalue weighted by Gasteiger charge is 2.18. The predicted molar refractivity (Wildman–Crippen MR) is 213 cm³/mol. The lowest BCUT2D eigenvalue weighted by Crippen LogP contribution is -2.10. The predicted octanol–water partition coefficient (Wildman–Crippen LogP) is 12.4. The van der Waals surface area contributed by atoms with Gasteiger partial charge in [0.2, 0.25) is 0 Å². The van der Waals surface area contributed by atoms with Gasteiger partial charge < -0.3 is 9.47 Å². The third kappa shape index (κ3) is 4.88. The summed E-state index contributed by atoms with van der Waals surface area (Å²) in [5.41, 5.74) is 11.0. The molecule has 0 fully saturated rings. The molecule has 0 aliphatic carbocycles. The maximum atomic E-state index is 5.15. The van der Waals surface area contributed by atoms with E-state index in [9.17, 15) is 0 Å². The summed E-state index contributed by atoms with van der Waals surface area (Å²) in [6.45, 7) is 0. The molecule has 0 amide bonds. The average molecular weight is 653 g/mol. The monoisotopic (exact) mass is 652 g/mol. The molecule has 0 bridgehead atoms. The molecular formula is C47H32N4. The average Bonchev–Trinajstić information content (AvgIpc) is 3.75. The van der Waals surface area contributed by atoms with Gasteiger partial charge >= 0.3 is 0 Å². The van der Waals surface area contributed by atoms with E-state index in [4.69, 9.17) is 4.98 Å². The molecule has 10 aromatic rings. The van der Waals surface area contributed by atoms with Crippen molar-refractivity contribution >= 4 is 60.7 Å². The first-order valence-electron chi connectivity index (χ1n) is 17.3. The van der Waals surface area contributed by atoms with Crippen LogP contribution in [0.2, 0.25) is 0 Å². The van der Waals surface area contributed by atoms with E-state index in [0.717, 1.165) is 50.9 Å². The number of hydrogen-bond donors (Lipinski definition) is 0. The van der Waals surface area contributed by atoms with Gasteiger partial charge in [-0.15, -0.1) is 0 Å². The van der Waals surface area contributed by atoms with Crippen molar-refractivity contribution in [2.45, 2.75) is 0 Å². The summed E-state index contributed by atoms with van der Waals surface area (Å²) in [6.07, 6.45) is 0. The molecule has 0 aliphatic rings. The van der Waals surface area contributed by atoms with Crippen LogP contribution in [0.4, 0.5) is 17.1 Å². The molecule has 0 saturated heterocycles. The van der Waals surface area contributed by atoms with Crippen LogP contribution in [0.5, 0.6) is 0 Å². The molecule has 0 radical (unpaired) electrons. The number of rotatable bonds is 6. The van der Waals surface area contributed by atoms with Crippen molar-refractivity contribution in [3.05, 3.63) is 194 Å². The highest BCUT2D eigenvalue weighted by atomic mass is 15.1. The first-order chi connectivity index (χ1) is 25.3. The summed E-state index contributed by atoms with van der Waals surface area (Å²) in [5.74, 6) is 0.917. The van der Waals surface area contributed by atoms with E-state index in [-0.39, 0.29) is 0 Å². The Labute approximate surface area is 295 Å². The lowest BCUT2D eigenvalue weighted by atomic mass is 10.1. The number of aromatic nitrogens is 3. The van der Waals surface area contributed by atoms with Gasteiger partial charge in [-0.25, -0.2) is 4.98 Å². The molecule has 0 spiro atoms. The van der Waals surface area contributed by atoms with Crippen LogP contribution in [-0.2, 0) is 0 Å². The van der Waals surface area contributed by atoms with Gasteiger partial charge in [0.05, 0.1) is 22.1 Å². The van der Waals surface area contributed by atoms with Gasteiger partial charge in [-0.2, -0.15) is 0 Å². The van der Waals surface area contributed by atoms with Crippen LogP contribution in [-0.4, -0.2) is 14.1 Å². The van der Waals surface area contributed by atoms with Gasteiger partial charge in [-0.1, -0.05) is 97.1 Å². The summed E-state index contributed by atoms with van der Waals surface area (Å²) < 4.78 is 4.64. The highest BCUT2D eigenvalue weighted by Crippen LogP contribution is 2.38. The molecular weight excluding hydrogens is 621 g/mol. The molecule has 0 N–H and O–H groups in total. The number of hydrogen-bond acceptors (Lipinski definition) is 2. The van der Waals surface area contributed by atoms with Crippen molar-refractivity contribution in [1.29, 1.82) is 0 Å². The number of nitrogens with zero attached hydrogens (tertiary/aromatic N) is 4. The van der Waals surface area contributed by atoms with Crippen LogP contribution in [0, 0.1) is 0 Å². The molecule has 240 valence electrons. The fourth-order valence-electron chi connectivity index (χ4n) is 7.53. The molecule has 2 heterocycles. The highest BCUT2D eigenvalue weighted by molar-refractivity contribution is 6.09. The van der Waals surface area contributed by atoms with E-state index in [1.165, 1.54) is 32.6 Å². The van der Waals surface area contributed by atoms with Crippen LogP contribution in [0.3, 0.4) is 0 Å². The minimum Gasteiger partial charge on any atom is -0.311 e. The van der Waals surface area contributed by atoms with Crippen LogP contribution >= 0.6 is 0 Å². The zero-order chi connectivity index (χ0) is 33.7. The zero-order valence-corrected chi connectivity index (χ0v) is 27.8. The first kappa shape index (κ1) is 29.0. The molecule has 0 unspecified atom stereocenters. The molecule has 4 nitrogen and oxygen atoms in total. The van der Waals surface area contributed by atoms with Gasteiger partial charge in [-0.05, 0) is 108 Å². The minimum absolute atomic E-state index is 0.917. The van der Waals surface area contributed by atoms with Crippen LogP contribution < -0.4 is 4.90 Å². The second-order valence-electron chi connectivity index (χ2n) is 12.9. The summed E-state index contributed by atoms with van der Waals surface area (Å²) in [5, 5.41) is 4.95. The maximum Gasteiger partial charge on any atom is 0.145 e. The van der Waals surface area contributed by atoms with Gasteiger partial charge in [0.15, 0.2) is 0 Å². The molecule has 0 atom stereocenters. The fraction of sp³-hybridized carbons (Fsp3) is 0. The number of anilines is 3. The Kier molecular flexibility index (Phi) is 6.78. The van der Waals surface area contributed by atoms with Crippen molar-refractivity contribution < 1.29 is 0 Å². The minimum atomic E-state index is 0.917. The van der Waals surface area contributed by atoms with E-state index < -0.39 is 0 Å². The van der Waals surface area contributed by atoms with Gasteiger partial charge in [-0.3, -0.25) is 4.57 Å². The number of benzene rings is 8. The fourth-order valence-corrected chi connectivity index (χ4v) is 7.53. The van der Waals surface area contributed by atoms with Crippen LogP contribution in [0.25, 0.3) is 66.4 Å². The van der Waals surface area contributed by atoms with Crippen molar-refractivity contribution in [3.63, 3.8) is 0 Å². The number of imidazole rings is 1. The second kappa shape index (κ2) is 11.9. The Morgan fingerprint density at radius 3 is 1.61 bits per heavy atom. The Balaban J connectivity index is 1.06. The Morgan fingerprint density at radius 1 is 0.373 bits per heavy atom. The summed E-state index contributed by atoms with van der Waals surface area (Å²) in [4.78, 5) is 7.47. The molecule has 0 aliphatic heterocycles. The lowest BCUT2D eigenvalue weighted by Gasteiger charge is -2.26. The Morgan fingerprint density at radius 2 is 0.902 bits per heavy atom. The Hall–Kier alpha value is -6.91. The van der Waals surface area contributed by atoms with E-state index >= 15 is 0 Å². The summed E-state index contributed by atoms with van der Waals surface area (Å²) in [7, 11) is 0. The van der Waals surface area contributed by atoms with Crippen molar-refractivity contribution in [2.24, 2.45) is 0 Å². The standard InChI is InChI=1S/C47H32N4/c1-2-14-36(15-3-1)49(38-28-30-39(31-29-38)50-44-19-9-6-16-41(44)42-17-7-10-20-45(42)50)37-25-23-34(24-26-37)47-48-43-18-8-11-21-46(43)51(47)40-27-22-33-12-4-5-13-35(33)32-40/h1-32H. The SMILES string of the molecule is c1ccc(N(c2ccc(-c3nc4ccccc4n3-c3ccc4ccccc4c3)cc2)c2ccc(-n3c4ccccc4c4ccccc43)cc2)cc1. The Bertz CT molecular complexity index is 2790. The number of para-hydroxylation sites is 5. The first-order valence-corrected chi connectivity index (χ1v) is 17.3. The van der Waals surface area contributed by atoms with Crippen molar-refractivity contribution in [1.82, 2.24) is 14.1 Å². The second-order valence-corrected chi connectivity index (χ2v) is 12.9. The molecule has 0 saturated carbocycles. The third-order valence-electron chi connectivity index (χ3n) is 9.90. The molecule has 4 heteroatoms. The van der Waals surface area contributed by atoms with Gasteiger partial charge in [0.1, 0.15) is 5.82 Å². The van der Waals surface area contributed by atoms with E-state index in [1.54, 1.807) is 0 Å². The topological polar surface area (TPSA) is 26.0 Å². The van der Waals surface area contributed by atoms with Gasteiger partial charge in [0, 0.05) is 44.8 Å². The quantitative estimate of drug-likeness (QED) is 0.179. The number of fused-ring (bicyclic) bond motifs is 5. The normalized spacial score (nSPS) is 11.5. The molecule has 10 rings (SSSR count). The van der Waals surface area contributed by atoms with E-state index in [0.29, 0.717) is 0 Å². The van der Waals surface area contributed by atoms with Crippen molar-refractivity contribution in [3.8, 4) is 22.8 Å². The van der Waals surface area contributed by atoms with Gasteiger partial charge in [0.25, 0.3) is 0 Å². The molecule has 2 aromatic heterocycles.